The molecule has 7 nitrogen and oxygen atoms in total. The van der Waals surface area contributed by atoms with E-state index >= 15 is 0 Å². The van der Waals surface area contributed by atoms with E-state index in [1.165, 1.54) is 24.1 Å². The van der Waals surface area contributed by atoms with E-state index in [0.29, 0.717) is 43.5 Å². The number of amides is 2. The predicted octanol–water partition coefficient (Wildman–Crippen LogP) is 5.62. The lowest BCUT2D eigenvalue weighted by Gasteiger charge is -2.41. The fourth-order valence-electron chi connectivity index (χ4n) is 6.92. The number of unbranched alkanes of at least 4 members (excludes halogenated alkanes) is 1. The van der Waals surface area contributed by atoms with Crippen molar-refractivity contribution in [3.63, 3.8) is 0 Å². The molecule has 47 heavy (non-hydrogen) atoms. The normalized spacial score (nSPS) is 18.1. The van der Waals surface area contributed by atoms with Crippen molar-refractivity contribution in [3.8, 4) is 0 Å². The number of fused-ring (bicyclic) bond motifs is 1. The van der Waals surface area contributed by atoms with Crippen LogP contribution < -0.4 is 10.6 Å². The first-order valence-electron chi connectivity index (χ1n) is 17.2. The molecule has 0 bridgehead atoms. The molecule has 2 aliphatic rings. The second kappa shape index (κ2) is 17.2. The van der Waals surface area contributed by atoms with Gasteiger partial charge in [-0.3, -0.25) is 14.5 Å². The van der Waals surface area contributed by atoms with Gasteiger partial charge in [-0.2, -0.15) is 0 Å². The van der Waals surface area contributed by atoms with Crippen molar-refractivity contribution in [1.29, 1.82) is 0 Å². The zero-order valence-electron chi connectivity index (χ0n) is 27.8. The first-order valence-corrected chi connectivity index (χ1v) is 17.6. The molecule has 5 rings (SSSR count). The van der Waals surface area contributed by atoms with Crippen LogP contribution in [0.5, 0.6) is 0 Å². The Labute approximate surface area is 284 Å². The van der Waals surface area contributed by atoms with E-state index < -0.39 is 12.1 Å². The summed E-state index contributed by atoms with van der Waals surface area (Å²) < 4.78 is 13.7. The predicted molar refractivity (Wildman–Crippen MR) is 187 cm³/mol. The average molecular weight is 662 g/mol. The molecule has 252 valence electrons. The smallest absolute Gasteiger partial charge is 0.245 e. The first-order chi connectivity index (χ1) is 22.8. The number of rotatable bonds is 14. The lowest BCUT2D eigenvalue weighted by molar-refractivity contribution is -0.138. The molecule has 0 saturated carbocycles. The number of benzene rings is 3. The topological polar surface area (TPSA) is 67.9 Å². The maximum Gasteiger partial charge on any atom is 0.245 e. The Hall–Kier alpha value is -3.30. The molecule has 0 aliphatic carbocycles. The van der Waals surface area contributed by atoms with Crippen LogP contribution in [0.3, 0.4) is 0 Å². The van der Waals surface area contributed by atoms with E-state index in [0.717, 1.165) is 62.3 Å². The molecule has 0 radical (unpaired) electrons. The quantitative estimate of drug-likeness (QED) is 0.220. The van der Waals surface area contributed by atoms with Gasteiger partial charge < -0.3 is 20.4 Å². The number of nitrogens with zero attached hydrogens (tertiary/aromatic N) is 3. The van der Waals surface area contributed by atoms with Gasteiger partial charge >= 0.3 is 0 Å². The Kier molecular flexibility index (Phi) is 12.8. The van der Waals surface area contributed by atoms with Crippen molar-refractivity contribution >= 4 is 23.4 Å². The second-order valence-corrected chi connectivity index (χ2v) is 13.2. The summed E-state index contributed by atoms with van der Waals surface area (Å²) in [5, 5.41) is 6.94. The molecular formula is C38H49ClFN5O2. The molecule has 2 N–H and O–H groups in total. The minimum absolute atomic E-state index is 0.0679. The number of carbonyl (C=O) groups excluding carboxylic acids is 2. The molecule has 2 heterocycles. The number of hydrogen-bond acceptors (Lipinski definition) is 5. The summed E-state index contributed by atoms with van der Waals surface area (Å²) in [6, 6.07) is 21.9. The number of carbonyl (C=O) groups is 2. The van der Waals surface area contributed by atoms with Crippen LogP contribution in [0.25, 0.3) is 0 Å². The molecular weight excluding hydrogens is 613 g/mol. The number of halogens is 2. The Bertz CT molecular complexity index is 1440. The number of piperazine rings is 1. The maximum absolute atomic E-state index is 14.1. The summed E-state index contributed by atoms with van der Waals surface area (Å²) in [7, 11) is 0. The van der Waals surface area contributed by atoms with E-state index in [-0.39, 0.29) is 17.6 Å². The van der Waals surface area contributed by atoms with Gasteiger partial charge in [0.05, 0.1) is 6.04 Å². The van der Waals surface area contributed by atoms with E-state index in [2.05, 4.69) is 64.6 Å². The van der Waals surface area contributed by atoms with Crippen LogP contribution in [0.1, 0.15) is 61.4 Å². The summed E-state index contributed by atoms with van der Waals surface area (Å²) in [4.78, 5) is 34.6. The molecule has 1 fully saturated rings. The third-order valence-corrected chi connectivity index (χ3v) is 10.0. The highest BCUT2D eigenvalue weighted by Crippen LogP contribution is 2.28. The molecule has 0 spiro atoms. The van der Waals surface area contributed by atoms with Gasteiger partial charge in [-0.25, -0.2) is 4.39 Å². The summed E-state index contributed by atoms with van der Waals surface area (Å²) in [5.74, 6) is -0.575. The second-order valence-electron chi connectivity index (χ2n) is 12.8. The number of nitrogens with one attached hydrogen (secondary N) is 2. The summed E-state index contributed by atoms with van der Waals surface area (Å²) >= 11 is 6.14. The lowest BCUT2D eigenvalue weighted by atomic mass is 9.94. The minimum Gasteiger partial charge on any atom is -0.343 e. The zero-order valence-corrected chi connectivity index (χ0v) is 28.5. The Balaban J connectivity index is 1.23. The van der Waals surface area contributed by atoms with Gasteiger partial charge in [-0.15, -0.1) is 0 Å². The Morgan fingerprint density at radius 1 is 0.957 bits per heavy atom. The fourth-order valence-corrected chi connectivity index (χ4v) is 7.05. The SMILES string of the molecule is CCN(CC)CCCCC(c1ccccc1)N1CCN(C(=O)[C@@H](Cc2ccc(Cl)cc2)NC(=O)[C@H]2Cc3ccc(F)cc3CN2)CC1. The van der Waals surface area contributed by atoms with E-state index in [9.17, 15) is 14.0 Å². The van der Waals surface area contributed by atoms with Gasteiger partial charge in [0.2, 0.25) is 11.8 Å². The van der Waals surface area contributed by atoms with Gasteiger partial charge in [0.15, 0.2) is 0 Å². The largest absolute Gasteiger partial charge is 0.343 e. The van der Waals surface area contributed by atoms with E-state index in [1.807, 2.05) is 29.2 Å². The Morgan fingerprint density at radius 3 is 2.38 bits per heavy atom. The molecule has 1 unspecified atom stereocenters. The standard InChI is InChI=1S/C38H49ClFN5O2/c1-3-43(4-2)19-9-8-12-36(29-10-6-5-7-11-29)44-20-22-45(23-21-44)38(47)35(24-28-13-16-32(39)17-14-28)42-37(46)34-26-30-15-18-33(40)25-31(30)27-41-34/h5-7,10-11,13-18,25,34-36,41H,3-4,8-9,12,19-24,26-27H2,1-2H3,(H,42,46)/t34-,35-,36?/m1/s1. The van der Waals surface area contributed by atoms with Crippen LogP contribution in [0.4, 0.5) is 4.39 Å². The third-order valence-electron chi connectivity index (χ3n) is 9.76. The highest BCUT2D eigenvalue weighted by atomic mass is 35.5. The maximum atomic E-state index is 14.1. The Morgan fingerprint density at radius 2 is 1.68 bits per heavy atom. The summed E-state index contributed by atoms with van der Waals surface area (Å²) in [5.41, 5.74) is 4.06. The van der Waals surface area contributed by atoms with Gasteiger partial charge in [0.25, 0.3) is 0 Å². The number of hydrogen-bond donors (Lipinski definition) is 2. The fraction of sp³-hybridized carbons (Fsp3) is 0.474. The van der Waals surface area contributed by atoms with E-state index in [4.69, 9.17) is 11.6 Å². The molecule has 3 aromatic carbocycles. The molecule has 1 saturated heterocycles. The van der Waals surface area contributed by atoms with Gasteiger partial charge in [-0.1, -0.05) is 80.4 Å². The van der Waals surface area contributed by atoms with Crippen LogP contribution in [0.2, 0.25) is 5.02 Å². The van der Waals surface area contributed by atoms with E-state index in [1.54, 1.807) is 6.07 Å². The van der Waals surface area contributed by atoms with Crippen LogP contribution in [0.15, 0.2) is 72.8 Å². The van der Waals surface area contributed by atoms with Gasteiger partial charge in [0.1, 0.15) is 11.9 Å². The van der Waals surface area contributed by atoms with Gasteiger partial charge in [0, 0.05) is 50.2 Å². The average Bonchev–Trinajstić information content (AvgIpc) is 3.10. The molecule has 2 amide bonds. The van der Waals surface area contributed by atoms with Crippen molar-refractivity contribution in [3.05, 3.63) is 106 Å². The molecule has 0 aromatic heterocycles. The highest BCUT2D eigenvalue weighted by molar-refractivity contribution is 6.30. The zero-order chi connectivity index (χ0) is 33.2. The summed E-state index contributed by atoms with van der Waals surface area (Å²) in [6.07, 6.45) is 4.22. The van der Waals surface area contributed by atoms with Crippen molar-refractivity contribution < 1.29 is 14.0 Å². The molecule has 3 aromatic rings. The van der Waals surface area contributed by atoms with Crippen LogP contribution >= 0.6 is 11.6 Å². The molecule has 9 heteroatoms. The van der Waals surface area contributed by atoms with Crippen LogP contribution in [-0.4, -0.2) is 84.4 Å². The van der Waals surface area contributed by atoms with Crippen molar-refractivity contribution in [2.75, 3.05) is 45.8 Å². The highest BCUT2D eigenvalue weighted by Gasteiger charge is 2.33. The van der Waals surface area contributed by atoms with Crippen molar-refractivity contribution in [2.24, 2.45) is 0 Å². The third kappa shape index (κ3) is 9.63. The van der Waals surface area contributed by atoms with Crippen molar-refractivity contribution in [2.45, 2.75) is 70.6 Å². The van der Waals surface area contributed by atoms with Crippen LogP contribution in [0, 0.1) is 5.82 Å². The van der Waals surface area contributed by atoms with Crippen molar-refractivity contribution in [1.82, 2.24) is 25.3 Å². The lowest BCUT2D eigenvalue weighted by Crippen LogP contribution is -2.58. The summed E-state index contributed by atoms with van der Waals surface area (Å²) in [6.45, 7) is 10.9. The van der Waals surface area contributed by atoms with Crippen LogP contribution in [-0.2, 0) is 29.0 Å². The minimum atomic E-state index is -0.711. The van der Waals surface area contributed by atoms with Gasteiger partial charge in [-0.05, 0) is 85.4 Å². The molecule has 2 aliphatic heterocycles. The monoisotopic (exact) mass is 661 g/mol. The molecule has 3 atom stereocenters. The first kappa shape index (κ1) is 35.0.